The van der Waals surface area contributed by atoms with Crippen LogP contribution in [-0.4, -0.2) is 50.0 Å². The molecule has 1 aliphatic heterocycles. The standard InChI is InChI=1S/C13H20F3NO3S/c1-9(21(2,19)20)11(18)17-7-4-10(13(14,15)16)12(8-17)5-3-6-12/h9-10H,3-8H2,1-2H3. The van der Waals surface area contributed by atoms with Crippen molar-refractivity contribution in [3.05, 3.63) is 0 Å². The molecule has 2 atom stereocenters. The smallest absolute Gasteiger partial charge is 0.341 e. The summed E-state index contributed by atoms with van der Waals surface area (Å²) in [6.45, 7) is 1.29. The second-order valence-electron chi connectivity index (χ2n) is 6.33. The average Bonchev–Trinajstić information content (AvgIpc) is 2.32. The quantitative estimate of drug-likeness (QED) is 0.779. The lowest BCUT2D eigenvalue weighted by Gasteiger charge is -2.54. The molecule has 1 heterocycles. The Hall–Kier alpha value is -0.790. The largest absolute Gasteiger partial charge is 0.392 e. The molecule has 0 bridgehead atoms. The Kier molecular flexibility index (Phi) is 4.06. The van der Waals surface area contributed by atoms with Gasteiger partial charge in [0.25, 0.3) is 0 Å². The highest BCUT2D eigenvalue weighted by molar-refractivity contribution is 7.92. The van der Waals surface area contributed by atoms with Gasteiger partial charge in [-0.1, -0.05) is 6.42 Å². The first-order valence-electron chi connectivity index (χ1n) is 7.02. The molecule has 2 aliphatic rings. The van der Waals surface area contributed by atoms with Gasteiger partial charge in [-0.25, -0.2) is 8.42 Å². The molecule has 1 aliphatic carbocycles. The van der Waals surface area contributed by atoms with Gasteiger partial charge < -0.3 is 4.90 Å². The highest BCUT2D eigenvalue weighted by atomic mass is 32.2. The summed E-state index contributed by atoms with van der Waals surface area (Å²) in [4.78, 5) is 13.5. The Balaban J connectivity index is 2.16. The van der Waals surface area contributed by atoms with Gasteiger partial charge in [-0.05, 0) is 31.6 Å². The molecule has 0 aromatic carbocycles. The maximum Gasteiger partial charge on any atom is 0.392 e. The number of halogens is 3. The van der Waals surface area contributed by atoms with Crippen LogP contribution in [0.25, 0.3) is 0 Å². The molecule has 0 aromatic heterocycles. The summed E-state index contributed by atoms with van der Waals surface area (Å²) < 4.78 is 62.3. The Bertz CT molecular complexity index is 525. The molecule has 122 valence electrons. The van der Waals surface area contributed by atoms with Crippen LogP contribution in [0.1, 0.15) is 32.6 Å². The molecule has 2 rings (SSSR count). The van der Waals surface area contributed by atoms with E-state index < -0.39 is 38.5 Å². The number of likely N-dealkylation sites (tertiary alicyclic amines) is 1. The second-order valence-corrected chi connectivity index (χ2v) is 8.70. The third-order valence-corrected chi connectivity index (χ3v) is 6.46. The number of rotatable bonds is 2. The van der Waals surface area contributed by atoms with Gasteiger partial charge >= 0.3 is 6.18 Å². The van der Waals surface area contributed by atoms with E-state index in [1.165, 1.54) is 11.8 Å². The van der Waals surface area contributed by atoms with Gasteiger partial charge in [-0.15, -0.1) is 0 Å². The van der Waals surface area contributed by atoms with Crippen LogP contribution in [0.15, 0.2) is 0 Å². The number of sulfone groups is 1. The van der Waals surface area contributed by atoms with Crippen molar-refractivity contribution < 1.29 is 26.4 Å². The van der Waals surface area contributed by atoms with Crippen LogP contribution in [0.4, 0.5) is 13.2 Å². The zero-order valence-electron chi connectivity index (χ0n) is 12.1. The molecule has 0 N–H and O–H groups in total. The number of hydrogen-bond donors (Lipinski definition) is 0. The number of amides is 1. The van der Waals surface area contributed by atoms with Crippen molar-refractivity contribution >= 4 is 15.7 Å². The van der Waals surface area contributed by atoms with Crippen molar-refractivity contribution in [3.8, 4) is 0 Å². The first kappa shape index (κ1) is 16.6. The van der Waals surface area contributed by atoms with E-state index in [1.54, 1.807) is 0 Å². The molecule has 1 saturated heterocycles. The van der Waals surface area contributed by atoms with Crippen LogP contribution in [0.5, 0.6) is 0 Å². The summed E-state index contributed by atoms with van der Waals surface area (Å²) in [6, 6.07) is 0. The normalized spacial score (nSPS) is 27.3. The fourth-order valence-corrected chi connectivity index (χ4v) is 3.95. The van der Waals surface area contributed by atoms with Crippen LogP contribution in [0.2, 0.25) is 0 Å². The Morgan fingerprint density at radius 3 is 2.29 bits per heavy atom. The molecule has 8 heteroatoms. The number of alkyl halides is 3. The zero-order chi connectivity index (χ0) is 16.1. The van der Waals surface area contributed by atoms with Gasteiger partial charge in [0.05, 0.1) is 5.92 Å². The fourth-order valence-electron chi connectivity index (χ4n) is 3.44. The number of piperidine rings is 1. The van der Waals surface area contributed by atoms with Crippen molar-refractivity contribution in [2.24, 2.45) is 11.3 Å². The fraction of sp³-hybridized carbons (Fsp3) is 0.923. The summed E-state index contributed by atoms with van der Waals surface area (Å²) in [6.07, 6.45) is -1.78. The summed E-state index contributed by atoms with van der Waals surface area (Å²) >= 11 is 0. The van der Waals surface area contributed by atoms with Crippen molar-refractivity contribution in [2.75, 3.05) is 19.3 Å². The minimum absolute atomic E-state index is 0.0232. The third kappa shape index (κ3) is 3.05. The topological polar surface area (TPSA) is 54.5 Å². The zero-order valence-corrected chi connectivity index (χ0v) is 12.9. The van der Waals surface area contributed by atoms with Gasteiger partial charge in [0, 0.05) is 19.3 Å². The highest BCUT2D eigenvalue weighted by Crippen LogP contribution is 2.56. The lowest BCUT2D eigenvalue weighted by atomic mass is 9.58. The van der Waals surface area contributed by atoms with E-state index in [1.807, 2.05) is 0 Å². The van der Waals surface area contributed by atoms with E-state index in [-0.39, 0.29) is 19.5 Å². The summed E-state index contributed by atoms with van der Waals surface area (Å²) in [5.74, 6) is -1.96. The van der Waals surface area contributed by atoms with Crippen LogP contribution in [0, 0.1) is 11.3 Å². The molecular formula is C13H20F3NO3S. The maximum absolute atomic E-state index is 13.1. The molecule has 1 saturated carbocycles. The summed E-state index contributed by atoms with van der Waals surface area (Å²) in [5.41, 5.74) is -0.899. The average molecular weight is 327 g/mol. The molecular weight excluding hydrogens is 307 g/mol. The highest BCUT2D eigenvalue weighted by Gasteiger charge is 2.58. The lowest BCUT2D eigenvalue weighted by Crippen LogP contribution is -2.59. The molecule has 0 radical (unpaired) electrons. The summed E-state index contributed by atoms with van der Waals surface area (Å²) in [5, 5.41) is -1.20. The van der Waals surface area contributed by atoms with Crippen molar-refractivity contribution in [1.82, 2.24) is 4.90 Å². The predicted molar refractivity (Wildman–Crippen MR) is 71.3 cm³/mol. The minimum Gasteiger partial charge on any atom is -0.341 e. The van der Waals surface area contributed by atoms with Gasteiger partial charge in [0.2, 0.25) is 5.91 Å². The predicted octanol–water partition coefficient (Wildman–Crippen LogP) is 2.00. The first-order chi connectivity index (χ1) is 9.47. The number of nitrogens with zero attached hydrogens (tertiary/aromatic N) is 1. The summed E-state index contributed by atoms with van der Waals surface area (Å²) in [7, 11) is -3.53. The van der Waals surface area contributed by atoms with Crippen LogP contribution in [0.3, 0.4) is 0 Å². The van der Waals surface area contributed by atoms with E-state index in [4.69, 9.17) is 0 Å². The van der Waals surface area contributed by atoms with Crippen molar-refractivity contribution in [2.45, 2.75) is 44.0 Å². The van der Waals surface area contributed by atoms with Crippen LogP contribution >= 0.6 is 0 Å². The lowest BCUT2D eigenvalue weighted by molar-refractivity contribution is -0.237. The van der Waals surface area contributed by atoms with Gasteiger partial charge in [-0.3, -0.25) is 4.79 Å². The maximum atomic E-state index is 13.1. The molecule has 1 spiro atoms. The molecule has 2 unspecified atom stereocenters. The van der Waals surface area contributed by atoms with E-state index >= 15 is 0 Å². The van der Waals surface area contributed by atoms with Crippen LogP contribution in [-0.2, 0) is 14.6 Å². The molecule has 21 heavy (non-hydrogen) atoms. The van der Waals surface area contributed by atoms with Gasteiger partial charge in [0.15, 0.2) is 9.84 Å². The van der Waals surface area contributed by atoms with E-state index in [2.05, 4.69) is 0 Å². The van der Waals surface area contributed by atoms with Crippen LogP contribution < -0.4 is 0 Å². The monoisotopic (exact) mass is 327 g/mol. The second kappa shape index (κ2) is 5.14. The van der Waals surface area contributed by atoms with Crippen molar-refractivity contribution in [1.29, 1.82) is 0 Å². The van der Waals surface area contributed by atoms with E-state index in [0.717, 1.165) is 12.7 Å². The number of hydrogen-bond acceptors (Lipinski definition) is 3. The molecule has 2 fully saturated rings. The van der Waals surface area contributed by atoms with E-state index in [0.29, 0.717) is 12.8 Å². The Morgan fingerprint density at radius 2 is 1.90 bits per heavy atom. The molecule has 4 nitrogen and oxygen atoms in total. The van der Waals surface area contributed by atoms with Crippen molar-refractivity contribution in [3.63, 3.8) is 0 Å². The number of carbonyl (C=O) groups is 1. The Morgan fingerprint density at radius 1 is 1.33 bits per heavy atom. The molecule has 1 amide bonds. The van der Waals surface area contributed by atoms with E-state index in [9.17, 15) is 26.4 Å². The SMILES string of the molecule is CC(C(=O)N1CCC(C(F)(F)F)C2(CCC2)C1)S(C)(=O)=O. The first-order valence-corrected chi connectivity index (χ1v) is 8.97. The van der Waals surface area contributed by atoms with Gasteiger partial charge in [0.1, 0.15) is 5.25 Å². The number of carbonyl (C=O) groups excluding carboxylic acids is 1. The minimum atomic E-state index is -4.25. The Labute approximate surface area is 122 Å². The third-order valence-electron chi connectivity index (χ3n) is 4.98. The molecule has 0 aromatic rings. The van der Waals surface area contributed by atoms with Gasteiger partial charge in [-0.2, -0.15) is 13.2 Å².